The number of nitrogens with one attached hydrogen (secondary N) is 2. The van der Waals surface area contributed by atoms with Crippen molar-refractivity contribution in [3.05, 3.63) is 68.4 Å². The Morgan fingerprint density at radius 2 is 1.85 bits per heavy atom. The van der Waals surface area contributed by atoms with Crippen molar-refractivity contribution in [1.82, 2.24) is 20.1 Å². The third-order valence-electron chi connectivity index (χ3n) is 4.78. The second-order valence-corrected chi connectivity index (χ2v) is 9.40. The van der Waals surface area contributed by atoms with E-state index in [0.717, 1.165) is 5.56 Å². The van der Waals surface area contributed by atoms with Crippen molar-refractivity contribution in [2.75, 3.05) is 11.1 Å². The fraction of sp³-hybridized carbons (Fsp3) is 0.273. The lowest BCUT2D eigenvalue weighted by atomic mass is 10.2. The summed E-state index contributed by atoms with van der Waals surface area (Å²) in [5.74, 6) is 0.240. The van der Waals surface area contributed by atoms with Gasteiger partial charge in [-0.25, -0.2) is 0 Å². The van der Waals surface area contributed by atoms with Crippen molar-refractivity contribution in [3.63, 3.8) is 0 Å². The zero-order valence-electron chi connectivity index (χ0n) is 18.2. The molecule has 0 aliphatic heterocycles. The molecule has 3 rings (SSSR count). The van der Waals surface area contributed by atoms with Gasteiger partial charge < -0.3 is 15.2 Å². The monoisotopic (exact) mass is 525 g/mol. The van der Waals surface area contributed by atoms with Crippen LogP contribution in [0.15, 0.2) is 41.6 Å². The molecule has 33 heavy (non-hydrogen) atoms. The number of carbonyl (C=O) groups is 2. The molecule has 174 valence electrons. The van der Waals surface area contributed by atoms with Crippen LogP contribution in [0.5, 0.6) is 0 Å². The second-order valence-electron chi connectivity index (χ2n) is 7.21. The number of halogens is 3. The summed E-state index contributed by atoms with van der Waals surface area (Å²) in [5, 5.41) is 16.0. The highest BCUT2D eigenvalue weighted by atomic mass is 35.5. The average molecular weight is 527 g/mol. The Labute approximate surface area is 211 Å². The van der Waals surface area contributed by atoms with E-state index in [0.29, 0.717) is 43.8 Å². The number of anilines is 1. The molecule has 0 bridgehead atoms. The van der Waals surface area contributed by atoms with Gasteiger partial charge in [0.1, 0.15) is 0 Å². The lowest BCUT2D eigenvalue weighted by Gasteiger charge is -2.15. The zero-order chi connectivity index (χ0) is 24.1. The van der Waals surface area contributed by atoms with Crippen LogP contribution in [0.1, 0.15) is 41.6 Å². The fourth-order valence-corrected chi connectivity index (χ4v) is 4.33. The lowest BCUT2D eigenvalue weighted by molar-refractivity contribution is -0.113. The SMILES string of the molecule is CCn1c(SCC(=O)Nc2cc(Cl)ccc2C)nnc1[C@H](C)NC(=O)c1ccc(Cl)c(Cl)c1. The predicted molar refractivity (Wildman–Crippen MR) is 134 cm³/mol. The predicted octanol–water partition coefficient (Wildman–Crippen LogP) is 5.79. The zero-order valence-corrected chi connectivity index (χ0v) is 21.2. The Bertz CT molecular complexity index is 1180. The van der Waals surface area contributed by atoms with Gasteiger partial charge >= 0.3 is 0 Å². The molecule has 0 radical (unpaired) electrons. The van der Waals surface area contributed by atoms with Crippen molar-refractivity contribution in [3.8, 4) is 0 Å². The first kappa shape index (κ1) is 25.4. The first-order valence-electron chi connectivity index (χ1n) is 10.1. The largest absolute Gasteiger partial charge is 0.342 e. The Kier molecular flexibility index (Phi) is 8.64. The van der Waals surface area contributed by atoms with Gasteiger partial charge in [0.25, 0.3) is 5.91 Å². The van der Waals surface area contributed by atoms with Gasteiger partial charge in [0, 0.05) is 22.8 Å². The van der Waals surface area contributed by atoms with Gasteiger partial charge in [-0.1, -0.05) is 52.6 Å². The topological polar surface area (TPSA) is 88.9 Å². The Balaban J connectivity index is 1.65. The average Bonchev–Trinajstić information content (AvgIpc) is 3.19. The number of hydrogen-bond donors (Lipinski definition) is 2. The van der Waals surface area contributed by atoms with Crippen molar-refractivity contribution in [2.24, 2.45) is 0 Å². The summed E-state index contributed by atoms with van der Waals surface area (Å²) in [6.07, 6.45) is 0. The number of aromatic nitrogens is 3. The third-order valence-corrected chi connectivity index (χ3v) is 6.73. The summed E-state index contributed by atoms with van der Waals surface area (Å²) >= 11 is 19.2. The van der Waals surface area contributed by atoms with Gasteiger partial charge in [-0.05, 0) is 56.7 Å². The van der Waals surface area contributed by atoms with Crippen molar-refractivity contribution < 1.29 is 9.59 Å². The van der Waals surface area contributed by atoms with Gasteiger partial charge in [-0.3, -0.25) is 9.59 Å². The number of thioether (sulfide) groups is 1. The maximum Gasteiger partial charge on any atom is 0.251 e. The van der Waals surface area contributed by atoms with Crippen LogP contribution in [0.4, 0.5) is 5.69 Å². The standard InChI is InChI=1S/C22H22Cl3N5O2S/c1-4-30-20(13(3)26-21(32)14-6-8-16(24)17(25)9-14)28-29-22(30)33-11-19(31)27-18-10-15(23)7-5-12(18)2/h5-10,13H,4,11H2,1-3H3,(H,26,32)(H,27,31)/t13-/m0/s1. The normalized spacial score (nSPS) is 11.8. The van der Waals surface area contributed by atoms with E-state index >= 15 is 0 Å². The number of carbonyl (C=O) groups excluding carboxylic acids is 2. The molecule has 0 spiro atoms. The number of amides is 2. The minimum absolute atomic E-state index is 0.147. The van der Waals surface area contributed by atoms with E-state index in [4.69, 9.17) is 34.8 Å². The molecule has 1 aromatic heterocycles. The molecule has 0 unspecified atom stereocenters. The molecule has 1 heterocycles. The highest BCUT2D eigenvalue weighted by Gasteiger charge is 2.20. The number of aryl methyl sites for hydroxylation is 1. The van der Waals surface area contributed by atoms with E-state index in [9.17, 15) is 9.59 Å². The van der Waals surface area contributed by atoms with Crippen molar-refractivity contribution >= 4 is 64.1 Å². The summed E-state index contributed by atoms with van der Waals surface area (Å²) in [4.78, 5) is 25.0. The molecule has 1 atom stereocenters. The first-order chi connectivity index (χ1) is 15.7. The molecular formula is C22H22Cl3N5O2S. The molecule has 11 heteroatoms. The first-order valence-corrected chi connectivity index (χ1v) is 12.2. The van der Waals surface area contributed by atoms with Crippen LogP contribution in [-0.2, 0) is 11.3 Å². The smallest absolute Gasteiger partial charge is 0.251 e. The number of hydrogen-bond acceptors (Lipinski definition) is 5. The van der Waals surface area contributed by atoms with E-state index in [-0.39, 0.29) is 17.6 Å². The molecule has 0 aliphatic rings. The third kappa shape index (κ3) is 6.41. The molecule has 0 saturated carbocycles. The molecule has 2 N–H and O–H groups in total. The lowest BCUT2D eigenvalue weighted by Crippen LogP contribution is -2.28. The van der Waals surface area contributed by atoms with Gasteiger partial charge in [-0.2, -0.15) is 0 Å². The van der Waals surface area contributed by atoms with Crippen LogP contribution in [0.25, 0.3) is 0 Å². The maximum absolute atomic E-state index is 12.6. The number of nitrogens with zero attached hydrogens (tertiary/aromatic N) is 3. The van der Waals surface area contributed by atoms with Crippen LogP contribution in [-0.4, -0.2) is 32.3 Å². The van der Waals surface area contributed by atoms with Crippen LogP contribution in [0, 0.1) is 6.92 Å². The summed E-state index contributed by atoms with van der Waals surface area (Å²) in [7, 11) is 0. The Morgan fingerprint density at radius 3 is 2.55 bits per heavy atom. The highest BCUT2D eigenvalue weighted by molar-refractivity contribution is 7.99. The Hall–Kier alpha value is -2.26. The summed E-state index contributed by atoms with van der Waals surface area (Å²) in [6.45, 7) is 6.23. The number of rotatable bonds is 8. The second kappa shape index (κ2) is 11.2. The minimum atomic E-state index is -0.420. The van der Waals surface area contributed by atoms with Gasteiger partial charge in [-0.15, -0.1) is 10.2 Å². The minimum Gasteiger partial charge on any atom is -0.342 e. The van der Waals surface area contributed by atoms with Gasteiger partial charge in [0.15, 0.2) is 11.0 Å². The van der Waals surface area contributed by atoms with Crippen LogP contribution in [0.3, 0.4) is 0 Å². The summed E-state index contributed by atoms with van der Waals surface area (Å²) in [6, 6.07) is 9.59. The van der Waals surface area contributed by atoms with Crippen LogP contribution >= 0.6 is 46.6 Å². The molecule has 0 saturated heterocycles. The van der Waals surface area contributed by atoms with E-state index in [1.54, 1.807) is 24.3 Å². The summed E-state index contributed by atoms with van der Waals surface area (Å²) in [5.41, 5.74) is 1.98. The van der Waals surface area contributed by atoms with Crippen LogP contribution < -0.4 is 10.6 Å². The highest BCUT2D eigenvalue weighted by Crippen LogP contribution is 2.25. The molecule has 0 fully saturated rings. The quantitative estimate of drug-likeness (QED) is 0.363. The maximum atomic E-state index is 12.6. The molecular weight excluding hydrogens is 505 g/mol. The van der Waals surface area contributed by atoms with Crippen LogP contribution in [0.2, 0.25) is 15.1 Å². The Morgan fingerprint density at radius 1 is 1.09 bits per heavy atom. The molecule has 2 aromatic carbocycles. The van der Waals surface area contributed by atoms with E-state index in [1.165, 1.54) is 17.8 Å². The van der Waals surface area contributed by atoms with Gasteiger partial charge in [0.05, 0.1) is 21.8 Å². The van der Waals surface area contributed by atoms with E-state index in [2.05, 4.69) is 20.8 Å². The molecule has 7 nitrogen and oxygen atoms in total. The van der Waals surface area contributed by atoms with Crippen molar-refractivity contribution in [1.29, 1.82) is 0 Å². The molecule has 0 aliphatic carbocycles. The van der Waals surface area contributed by atoms with Crippen molar-refractivity contribution in [2.45, 2.75) is 38.5 Å². The van der Waals surface area contributed by atoms with E-state index < -0.39 is 6.04 Å². The molecule has 2 amide bonds. The van der Waals surface area contributed by atoms with Gasteiger partial charge in [0.2, 0.25) is 5.91 Å². The number of benzene rings is 2. The molecule has 3 aromatic rings. The van der Waals surface area contributed by atoms with E-state index in [1.807, 2.05) is 31.4 Å². The summed E-state index contributed by atoms with van der Waals surface area (Å²) < 4.78 is 1.86. The fourth-order valence-electron chi connectivity index (χ4n) is 3.05.